The highest BCUT2D eigenvalue weighted by Crippen LogP contribution is 2.40. The predicted octanol–water partition coefficient (Wildman–Crippen LogP) is 5.54. The molecule has 0 aromatic heterocycles. The van der Waals surface area contributed by atoms with Gasteiger partial charge in [0.2, 0.25) is 0 Å². The number of carbonyl (C=O) groups excluding carboxylic acids is 2. The standard InChI is InChI=1S/C22H24ClNO5/c1-22(2,3)29-21(26)28-16-11-14-8-9-18(24-19(14)17(23)12-16)13-6-5-7-15(10-13)20(25)27-4/h5-7,10-12,18,24H,8-9H2,1-4H3. The van der Waals surface area contributed by atoms with Gasteiger partial charge in [-0.2, -0.15) is 0 Å². The van der Waals surface area contributed by atoms with E-state index in [-0.39, 0.29) is 12.0 Å². The smallest absolute Gasteiger partial charge is 0.465 e. The Morgan fingerprint density at radius 2 is 1.93 bits per heavy atom. The van der Waals surface area contributed by atoms with Crippen LogP contribution in [0.4, 0.5) is 10.5 Å². The van der Waals surface area contributed by atoms with Crippen LogP contribution in [0.25, 0.3) is 0 Å². The number of ether oxygens (including phenoxy) is 3. The molecule has 0 bridgehead atoms. The van der Waals surface area contributed by atoms with Gasteiger partial charge >= 0.3 is 12.1 Å². The van der Waals surface area contributed by atoms with E-state index in [0.717, 1.165) is 29.7 Å². The zero-order valence-electron chi connectivity index (χ0n) is 16.9. The summed E-state index contributed by atoms with van der Waals surface area (Å²) in [5.74, 6) is -0.0269. The zero-order chi connectivity index (χ0) is 21.2. The number of esters is 1. The van der Waals surface area contributed by atoms with Crippen molar-refractivity contribution in [2.45, 2.75) is 45.3 Å². The molecule has 1 N–H and O–H groups in total. The Hall–Kier alpha value is -2.73. The van der Waals surface area contributed by atoms with Gasteiger partial charge in [0.25, 0.3) is 0 Å². The van der Waals surface area contributed by atoms with Crippen LogP contribution in [0, 0.1) is 0 Å². The number of halogens is 1. The molecule has 1 aliphatic heterocycles. The SMILES string of the molecule is COC(=O)c1cccc(C2CCc3cc(OC(=O)OC(C)(C)C)cc(Cl)c3N2)c1. The predicted molar refractivity (Wildman–Crippen MR) is 111 cm³/mol. The molecule has 1 heterocycles. The molecular weight excluding hydrogens is 394 g/mol. The lowest BCUT2D eigenvalue weighted by molar-refractivity contribution is 0.0206. The van der Waals surface area contributed by atoms with Crippen LogP contribution < -0.4 is 10.1 Å². The molecule has 0 radical (unpaired) electrons. The van der Waals surface area contributed by atoms with Crippen molar-refractivity contribution in [2.75, 3.05) is 12.4 Å². The van der Waals surface area contributed by atoms with Gasteiger partial charge in [-0.1, -0.05) is 23.7 Å². The maximum absolute atomic E-state index is 11.9. The highest BCUT2D eigenvalue weighted by Gasteiger charge is 2.24. The number of benzene rings is 2. The molecule has 6 nitrogen and oxygen atoms in total. The molecule has 0 saturated carbocycles. The second-order valence-electron chi connectivity index (χ2n) is 7.86. The van der Waals surface area contributed by atoms with E-state index < -0.39 is 11.8 Å². The van der Waals surface area contributed by atoms with Crippen LogP contribution >= 0.6 is 11.6 Å². The van der Waals surface area contributed by atoms with Crippen molar-refractivity contribution >= 4 is 29.4 Å². The van der Waals surface area contributed by atoms with E-state index in [1.54, 1.807) is 39.0 Å². The molecule has 1 aliphatic rings. The molecule has 0 aliphatic carbocycles. The minimum Gasteiger partial charge on any atom is -0.465 e. The topological polar surface area (TPSA) is 73.9 Å². The molecule has 154 valence electrons. The highest BCUT2D eigenvalue weighted by molar-refractivity contribution is 6.33. The number of nitrogens with one attached hydrogen (secondary N) is 1. The zero-order valence-corrected chi connectivity index (χ0v) is 17.6. The van der Waals surface area contributed by atoms with E-state index in [9.17, 15) is 9.59 Å². The van der Waals surface area contributed by atoms with E-state index in [0.29, 0.717) is 16.3 Å². The van der Waals surface area contributed by atoms with E-state index >= 15 is 0 Å². The summed E-state index contributed by atoms with van der Waals surface area (Å²) >= 11 is 6.45. The number of fused-ring (bicyclic) bond motifs is 1. The van der Waals surface area contributed by atoms with Gasteiger partial charge in [0, 0.05) is 6.07 Å². The van der Waals surface area contributed by atoms with Gasteiger partial charge in [0.1, 0.15) is 11.4 Å². The molecule has 0 saturated heterocycles. The number of hydrogen-bond donors (Lipinski definition) is 1. The van der Waals surface area contributed by atoms with Gasteiger partial charge in [-0.3, -0.25) is 0 Å². The van der Waals surface area contributed by atoms with E-state index in [1.807, 2.05) is 18.2 Å². The van der Waals surface area contributed by atoms with Gasteiger partial charge in [-0.15, -0.1) is 0 Å². The van der Waals surface area contributed by atoms with Crippen LogP contribution in [0.5, 0.6) is 5.75 Å². The average molecular weight is 418 g/mol. The largest absolute Gasteiger partial charge is 0.514 e. The van der Waals surface area contributed by atoms with E-state index in [4.69, 9.17) is 25.8 Å². The van der Waals surface area contributed by atoms with Crippen LogP contribution in [0.15, 0.2) is 36.4 Å². The first-order chi connectivity index (χ1) is 13.7. The fraction of sp³-hybridized carbons (Fsp3) is 0.364. The Morgan fingerprint density at radius 3 is 2.62 bits per heavy atom. The molecule has 7 heteroatoms. The number of hydrogen-bond acceptors (Lipinski definition) is 6. The minimum atomic E-state index is -0.769. The Bertz CT molecular complexity index is 935. The quantitative estimate of drug-likeness (QED) is 0.522. The van der Waals surface area contributed by atoms with Gasteiger partial charge in [0.05, 0.1) is 29.4 Å². The van der Waals surface area contributed by atoms with Crippen LogP contribution in [0.2, 0.25) is 5.02 Å². The number of aryl methyl sites for hydroxylation is 1. The maximum atomic E-state index is 11.9. The highest BCUT2D eigenvalue weighted by atomic mass is 35.5. The summed E-state index contributed by atoms with van der Waals surface area (Å²) in [7, 11) is 1.36. The van der Waals surface area contributed by atoms with E-state index in [1.165, 1.54) is 7.11 Å². The fourth-order valence-corrected chi connectivity index (χ4v) is 3.50. The second-order valence-corrected chi connectivity index (χ2v) is 8.27. The van der Waals surface area contributed by atoms with Crippen molar-refractivity contribution < 1.29 is 23.8 Å². The van der Waals surface area contributed by atoms with Crippen LogP contribution in [0.3, 0.4) is 0 Å². The number of rotatable bonds is 3. The molecule has 0 fully saturated rings. The minimum absolute atomic E-state index is 0.00207. The second kappa shape index (κ2) is 8.33. The van der Waals surface area contributed by atoms with Gasteiger partial charge in [-0.05, 0) is 62.9 Å². The molecule has 2 aromatic carbocycles. The molecule has 2 aromatic rings. The maximum Gasteiger partial charge on any atom is 0.514 e. The summed E-state index contributed by atoms with van der Waals surface area (Å²) in [5.41, 5.74) is 2.59. The summed E-state index contributed by atoms with van der Waals surface area (Å²) < 4.78 is 15.3. The molecule has 3 rings (SSSR count). The third kappa shape index (κ3) is 5.21. The summed E-state index contributed by atoms with van der Waals surface area (Å²) in [6.07, 6.45) is 0.764. The molecule has 1 atom stereocenters. The van der Waals surface area contributed by atoms with Crippen molar-refractivity contribution in [1.82, 2.24) is 0 Å². The molecule has 0 spiro atoms. The van der Waals surface area contributed by atoms with Crippen molar-refractivity contribution in [2.24, 2.45) is 0 Å². The van der Waals surface area contributed by atoms with Crippen molar-refractivity contribution in [1.29, 1.82) is 0 Å². The normalized spacial score (nSPS) is 15.7. The summed E-state index contributed by atoms with van der Waals surface area (Å²) in [4.78, 5) is 23.7. The third-order valence-corrected chi connectivity index (χ3v) is 4.77. The van der Waals surface area contributed by atoms with Crippen molar-refractivity contribution in [3.63, 3.8) is 0 Å². The van der Waals surface area contributed by atoms with E-state index in [2.05, 4.69) is 5.32 Å². The Balaban J connectivity index is 1.78. The lowest BCUT2D eigenvalue weighted by Crippen LogP contribution is -2.26. The average Bonchev–Trinajstić information content (AvgIpc) is 2.65. The Kier molecular flexibility index (Phi) is 6.03. The van der Waals surface area contributed by atoms with Gasteiger partial charge in [-0.25, -0.2) is 9.59 Å². The molecule has 1 unspecified atom stereocenters. The molecule has 0 amide bonds. The van der Waals surface area contributed by atoms with Gasteiger partial charge in [0.15, 0.2) is 0 Å². The summed E-state index contributed by atoms with van der Waals surface area (Å²) in [6.45, 7) is 5.31. The number of methoxy groups -OCH3 is 1. The number of anilines is 1. The van der Waals surface area contributed by atoms with Crippen LogP contribution in [-0.2, 0) is 15.9 Å². The Labute approximate surface area is 175 Å². The first-order valence-electron chi connectivity index (χ1n) is 9.34. The Morgan fingerprint density at radius 1 is 1.17 bits per heavy atom. The molecular formula is C22H24ClNO5. The lowest BCUT2D eigenvalue weighted by atomic mass is 9.92. The fourth-order valence-electron chi connectivity index (χ4n) is 3.22. The first-order valence-corrected chi connectivity index (χ1v) is 9.72. The van der Waals surface area contributed by atoms with Crippen molar-refractivity contribution in [3.05, 3.63) is 58.1 Å². The monoisotopic (exact) mass is 417 g/mol. The van der Waals surface area contributed by atoms with Crippen molar-refractivity contribution in [3.8, 4) is 5.75 Å². The lowest BCUT2D eigenvalue weighted by Gasteiger charge is -2.29. The summed E-state index contributed by atoms with van der Waals surface area (Å²) in [5, 5.41) is 3.88. The third-order valence-electron chi connectivity index (χ3n) is 4.47. The van der Waals surface area contributed by atoms with Gasteiger partial charge < -0.3 is 19.5 Å². The number of carbonyl (C=O) groups is 2. The van der Waals surface area contributed by atoms with Crippen LogP contribution in [-0.4, -0.2) is 24.8 Å². The molecule has 29 heavy (non-hydrogen) atoms. The van der Waals surface area contributed by atoms with Crippen LogP contribution in [0.1, 0.15) is 54.7 Å². The first kappa shape index (κ1) is 21.0. The summed E-state index contributed by atoms with van der Waals surface area (Å²) in [6, 6.07) is 10.7.